The van der Waals surface area contributed by atoms with Crippen molar-refractivity contribution in [3.63, 3.8) is 0 Å². The molecule has 0 unspecified atom stereocenters. The molecule has 27 heavy (non-hydrogen) atoms. The molecule has 2 N–H and O–H groups in total. The fraction of sp³-hybridized carbons (Fsp3) is 0.409. The molecule has 2 atom stereocenters. The SMILES string of the molecule is Cc1ccc(C)c(OCCC(=O)N2C[C@@H](CN)[C@H](c3ccccc3)C2)c1.Cl. The molecule has 1 heterocycles. The third-order valence-corrected chi connectivity index (χ3v) is 5.24. The summed E-state index contributed by atoms with van der Waals surface area (Å²) < 4.78 is 5.84. The van der Waals surface area contributed by atoms with E-state index < -0.39 is 0 Å². The maximum absolute atomic E-state index is 12.6. The Morgan fingerprint density at radius 3 is 2.59 bits per heavy atom. The molecule has 4 nitrogen and oxygen atoms in total. The van der Waals surface area contributed by atoms with Gasteiger partial charge in [-0.3, -0.25) is 4.79 Å². The van der Waals surface area contributed by atoms with Crippen LogP contribution in [-0.4, -0.2) is 37.0 Å². The minimum Gasteiger partial charge on any atom is -0.493 e. The highest BCUT2D eigenvalue weighted by Gasteiger charge is 2.34. The Hall–Kier alpha value is -2.04. The second-order valence-corrected chi connectivity index (χ2v) is 7.18. The summed E-state index contributed by atoms with van der Waals surface area (Å²) in [6.45, 7) is 6.55. The fourth-order valence-corrected chi connectivity index (χ4v) is 3.66. The molecule has 0 bridgehead atoms. The van der Waals surface area contributed by atoms with Crippen LogP contribution in [0.15, 0.2) is 48.5 Å². The van der Waals surface area contributed by atoms with E-state index in [0.717, 1.165) is 30.0 Å². The van der Waals surface area contributed by atoms with Crippen molar-refractivity contribution in [1.82, 2.24) is 4.90 Å². The summed E-state index contributed by atoms with van der Waals surface area (Å²) in [7, 11) is 0. The molecular formula is C22H29ClN2O2. The highest BCUT2D eigenvalue weighted by molar-refractivity contribution is 5.85. The molecular weight excluding hydrogens is 360 g/mol. The molecule has 0 aromatic heterocycles. The Morgan fingerprint density at radius 1 is 1.15 bits per heavy atom. The van der Waals surface area contributed by atoms with E-state index in [1.54, 1.807) is 0 Å². The van der Waals surface area contributed by atoms with Gasteiger partial charge < -0.3 is 15.4 Å². The molecule has 0 saturated carbocycles. The van der Waals surface area contributed by atoms with Crippen LogP contribution in [0.5, 0.6) is 5.75 Å². The number of carbonyl (C=O) groups is 1. The largest absolute Gasteiger partial charge is 0.493 e. The number of halogens is 1. The minimum atomic E-state index is 0. The van der Waals surface area contributed by atoms with Crippen LogP contribution in [0.3, 0.4) is 0 Å². The van der Waals surface area contributed by atoms with E-state index in [0.29, 0.717) is 31.4 Å². The molecule has 146 valence electrons. The second kappa shape index (κ2) is 9.77. The molecule has 5 heteroatoms. The van der Waals surface area contributed by atoms with Crippen molar-refractivity contribution >= 4 is 18.3 Å². The number of aryl methyl sites for hydroxylation is 2. The number of rotatable bonds is 6. The maximum Gasteiger partial charge on any atom is 0.226 e. The molecule has 0 spiro atoms. The van der Waals surface area contributed by atoms with Gasteiger partial charge in [-0.2, -0.15) is 0 Å². The van der Waals surface area contributed by atoms with Gasteiger partial charge in [0.1, 0.15) is 5.75 Å². The van der Waals surface area contributed by atoms with E-state index >= 15 is 0 Å². The van der Waals surface area contributed by atoms with Gasteiger partial charge >= 0.3 is 0 Å². The molecule has 1 amide bonds. The Balaban J connectivity index is 0.00000261. The first-order valence-corrected chi connectivity index (χ1v) is 9.31. The number of benzene rings is 2. The van der Waals surface area contributed by atoms with Crippen molar-refractivity contribution in [2.45, 2.75) is 26.2 Å². The summed E-state index contributed by atoms with van der Waals surface area (Å²) in [4.78, 5) is 14.6. The predicted molar refractivity (Wildman–Crippen MR) is 112 cm³/mol. The summed E-state index contributed by atoms with van der Waals surface area (Å²) >= 11 is 0. The van der Waals surface area contributed by atoms with Gasteiger partial charge in [-0.15, -0.1) is 12.4 Å². The molecule has 1 fully saturated rings. The summed E-state index contributed by atoms with van der Waals surface area (Å²) in [5.74, 6) is 1.65. The molecule has 2 aromatic carbocycles. The lowest BCUT2D eigenvalue weighted by atomic mass is 9.89. The summed E-state index contributed by atoms with van der Waals surface area (Å²) in [5, 5.41) is 0. The molecule has 1 saturated heterocycles. The number of hydrogen-bond donors (Lipinski definition) is 1. The third kappa shape index (κ3) is 5.24. The average molecular weight is 389 g/mol. The van der Waals surface area contributed by atoms with Crippen molar-refractivity contribution in [2.75, 3.05) is 26.2 Å². The predicted octanol–water partition coefficient (Wildman–Crippen LogP) is 3.70. The quantitative estimate of drug-likeness (QED) is 0.820. The highest BCUT2D eigenvalue weighted by atomic mass is 35.5. The van der Waals surface area contributed by atoms with Gasteiger partial charge in [0.05, 0.1) is 13.0 Å². The Kier molecular flexibility index (Phi) is 7.69. The molecule has 1 aliphatic rings. The number of amides is 1. The van der Waals surface area contributed by atoms with Gasteiger partial charge in [0.25, 0.3) is 0 Å². The third-order valence-electron chi connectivity index (χ3n) is 5.24. The van der Waals surface area contributed by atoms with Crippen molar-refractivity contribution in [2.24, 2.45) is 11.7 Å². The molecule has 1 aliphatic heterocycles. The van der Waals surface area contributed by atoms with Crippen LogP contribution in [0.2, 0.25) is 0 Å². The number of hydrogen-bond acceptors (Lipinski definition) is 3. The van der Waals surface area contributed by atoms with Gasteiger partial charge in [0.2, 0.25) is 5.91 Å². The van der Waals surface area contributed by atoms with Gasteiger partial charge in [-0.05, 0) is 49.1 Å². The lowest BCUT2D eigenvalue weighted by molar-refractivity contribution is -0.130. The number of ether oxygens (including phenoxy) is 1. The van der Waals surface area contributed by atoms with Crippen LogP contribution in [0.25, 0.3) is 0 Å². The van der Waals surface area contributed by atoms with E-state index in [1.807, 2.05) is 49.1 Å². The van der Waals surface area contributed by atoms with E-state index in [2.05, 4.69) is 18.2 Å². The van der Waals surface area contributed by atoms with Gasteiger partial charge in [-0.1, -0.05) is 42.5 Å². The number of carbonyl (C=O) groups excluding carboxylic acids is 1. The lowest BCUT2D eigenvalue weighted by Crippen LogP contribution is -2.30. The summed E-state index contributed by atoms with van der Waals surface area (Å²) in [6, 6.07) is 16.5. The van der Waals surface area contributed by atoms with E-state index in [9.17, 15) is 4.79 Å². The zero-order valence-corrected chi connectivity index (χ0v) is 16.9. The second-order valence-electron chi connectivity index (χ2n) is 7.18. The topological polar surface area (TPSA) is 55.6 Å². The minimum absolute atomic E-state index is 0. The van der Waals surface area contributed by atoms with Crippen LogP contribution in [0.4, 0.5) is 0 Å². The first-order chi connectivity index (χ1) is 12.6. The van der Waals surface area contributed by atoms with Crippen molar-refractivity contribution in [3.8, 4) is 5.75 Å². The van der Waals surface area contributed by atoms with Crippen LogP contribution in [0, 0.1) is 19.8 Å². The lowest BCUT2D eigenvalue weighted by Gasteiger charge is -2.17. The fourth-order valence-electron chi connectivity index (χ4n) is 3.66. The zero-order valence-electron chi connectivity index (χ0n) is 16.1. The van der Waals surface area contributed by atoms with E-state index in [4.69, 9.17) is 10.5 Å². The van der Waals surface area contributed by atoms with Crippen LogP contribution in [-0.2, 0) is 4.79 Å². The maximum atomic E-state index is 12.6. The van der Waals surface area contributed by atoms with E-state index in [-0.39, 0.29) is 18.3 Å². The Bertz CT molecular complexity index is 751. The zero-order chi connectivity index (χ0) is 18.5. The van der Waals surface area contributed by atoms with Gasteiger partial charge in [-0.25, -0.2) is 0 Å². The molecule has 3 rings (SSSR count). The smallest absolute Gasteiger partial charge is 0.226 e. The summed E-state index contributed by atoms with van der Waals surface area (Å²) in [6.07, 6.45) is 0.395. The Labute approximate surface area is 168 Å². The number of likely N-dealkylation sites (tertiary alicyclic amines) is 1. The van der Waals surface area contributed by atoms with E-state index in [1.165, 1.54) is 5.56 Å². The Morgan fingerprint density at radius 2 is 1.89 bits per heavy atom. The number of nitrogens with two attached hydrogens (primary N) is 1. The van der Waals surface area contributed by atoms with Crippen LogP contribution < -0.4 is 10.5 Å². The standard InChI is InChI=1S/C22H28N2O2.ClH/c1-16-8-9-17(2)21(12-16)26-11-10-22(25)24-14-19(13-23)20(15-24)18-6-4-3-5-7-18;/h3-9,12,19-20H,10-11,13-15,23H2,1-2H3;1H/t19-,20+;/m1./s1. The summed E-state index contributed by atoms with van der Waals surface area (Å²) in [5.41, 5.74) is 9.49. The van der Waals surface area contributed by atoms with Crippen LogP contribution in [0.1, 0.15) is 29.0 Å². The highest BCUT2D eigenvalue weighted by Crippen LogP contribution is 2.32. The molecule has 2 aromatic rings. The molecule has 0 aliphatic carbocycles. The van der Waals surface area contributed by atoms with Crippen molar-refractivity contribution in [3.05, 3.63) is 65.2 Å². The van der Waals surface area contributed by atoms with Crippen molar-refractivity contribution in [1.29, 1.82) is 0 Å². The number of nitrogens with zero attached hydrogens (tertiary/aromatic N) is 1. The first-order valence-electron chi connectivity index (χ1n) is 9.31. The van der Waals surface area contributed by atoms with Gasteiger partial charge in [0, 0.05) is 19.0 Å². The first kappa shape index (κ1) is 21.3. The average Bonchev–Trinajstić information content (AvgIpc) is 3.10. The normalized spacial score (nSPS) is 18.9. The molecule has 0 radical (unpaired) electrons. The van der Waals surface area contributed by atoms with Crippen LogP contribution >= 0.6 is 12.4 Å². The monoisotopic (exact) mass is 388 g/mol. The van der Waals surface area contributed by atoms with Gasteiger partial charge in [0.15, 0.2) is 0 Å². The van der Waals surface area contributed by atoms with Crippen molar-refractivity contribution < 1.29 is 9.53 Å².